The van der Waals surface area contributed by atoms with Crippen LogP contribution in [0.15, 0.2) is 84.5 Å². The minimum Gasteiger partial charge on any atom is -0.279 e. The molecule has 0 amide bonds. The van der Waals surface area contributed by atoms with Gasteiger partial charge in [-0.3, -0.25) is 16.0 Å². The van der Waals surface area contributed by atoms with E-state index in [9.17, 15) is 0 Å². The second kappa shape index (κ2) is 11.7. The molecule has 1 aliphatic heterocycles. The van der Waals surface area contributed by atoms with Crippen molar-refractivity contribution in [1.82, 2.24) is 16.0 Å². The molecule has 0 bridgehead atoms. The second-order valence-electron chi connectivity index (χ2n) is 16.4. The van der Waals surface area contributed by atoms with Crippen molar-refractivity contribution < 1.29 is 0 Å². The number of hydrogen-bond acceptors (Lipinski definition) is 3. The molecule has 1 heterocycles. The van der Waals surface area contributed by atoms with E-state index in [2.05, 4.69) is 133 Å². The normalized spacial score (nSPS) is 31.6. The van der Waals surface area contributed by atoms with Crippen LogP contribution >= 0.6 is 0 Å². The quantitative estimate of drug-likeness (QED) is 0.249. The van der Waals surface area contributed by atoms with E-state index >= 15 is 0 Å². The molecule has 7 aliphatic rings. The summed E-state index contributed by atoms with van der Waals surface area (Å²) in [5.74, 6) is 2.63. The van der Waals surface area contributed by atoms with E-state index in [0.29, 0.717) is 23.2 Å². The third-order valence-electron chi connectivity index (χ3n) is 13.5. The second-order valence-corrected chi connectivity index (χ2v) is 16.4. The van der Waals surface area contributed by atoms with Gasteiger partial charge in [-0.05, 0) is 154 Å². The van der Waals surface area contributed by atoms with Crippen LogP contribution in [0, 0.1) is 23.2 Å². The number of benzene rings is 3. The van der Waals surface area contributed by atoms with Gasteiger partial charge < -0.3 is 0 Å². The molecule has 3 heteroatoms. The van der Waals surface area contributed by atoms with Gasteiger partial charge in [0.25, 0.3) is 0 Å². The Kier molecular flexibility index (Phi) is 7.16. The Hall–Kier alpha value is -3.76. The first-order valence-electron chi connectivity index (χ1n) is 19.1. The third kappa shape index (κ3) is 4.95. The molecule has 0 aromatic heterocycles. The zero-order valence-corrected chi connectivity index (χ0v) is 29.0. The van der Waals surface area contributed by atoms with Gasteiger partial charge in [0.2, 0.25) is 0 Å². The highest BCUT2D eigenvalue weighted by Gasteiger charge is 2.55. The average Bonchev–Trinajstić information content (AvgIpc) is 3.39. The van der Waals surface area contributed by atoms with Gasteiger partial charge in [0.1, 0.15) is 0 Å². The molecule has 49 heavy (non-hydrogen) atoms. The van der Waals surface area contributed by atoms with Crippen LogP contribution in [0.4, 0.5) is 0 Å². The molecule has 3 N–H and O–H groups in total. The van der Waals surface area contributed by atoms with Gasteiger partial charge >= 0.3 is 0 Å². The molecule has 0 radical (unpaired) electrons. The predicted octanol–water partition coefficient (Wildman–Crippen LogP) is 9.79. The molecule has 1 saturated carbocycles. The van der Waals surface area contributed by atoms with Crippen LogP contribution in [0.3, 0.4) is 0 Å². The highest BCUT2D eigenvalue weighted by atomic mass is 15.4. The molecule has 2 fully saturated rings. The van der Waals surface area contributed by atoms with Crippen molar-refractivity contribution in [2.24, 2.45) is 23.2 Å². The van der Waals surface area contributed by atoms with Crippen molar-refractivity contribution >= 4 is 24.3 Å². The molecule has 3 aromatic rings. The number of allylic oxidation sites excluding steroid dienone is 5. The molecule has 6 atom stereocenters. The minimum absolute atomic E-state index is 0.0379. The monoisotopic (exact) mass is 643 g/mol. The lowest BCUT2D eigenvalue weighted by Crippen LogP contribution is -2.59. The summed E-state index contributed by atoms with van der Waals surface area (Å²) >= 11 is 0. The number of nitrogens with one attached hydrogen (secondary N) is 3. The summed E-state index contributed by atoms with van der Waals surface area (Å²) in [6.45, 7) is 5.10. The standard InChI is InChI=1S/C46H49N3/c1-46(2)39-14-8-7-13-38(39)42-40(46)24-22-30-17-18-33-27-36(21-23-37(33)41(30)42)45-48-43(34-19-15-28-9-3-5-11-31(28)25-34)47-44(49-45)35-20-16-29-10-4-6-12-32(29)26-35/h5-7,11-13,15-20,22,24-27,38-40,42-45,47-49H,3-4,8-10,14,21,23H2,1-2H3. The Bertz CT molecular complexity index is 1910. The molecule has 1 saturated heterocycles. The topological polar surface area (TPSA) is 36.1 Å². The molecule has 6 unspecified atom stereocenters. The fourth-order valence-corrected chi connectivity index (χ4v) is 10.9. The number of rotatable bonds is 3. The van der Waals surface area contributed by atoms with E-state index in [-0.39, 0.29) is 18.5 Å². The highest BCUT2D eigenvalue weighted by molar-refractivity contribution is 5.71. The molecular weight excluding hydrogens is 595 g/mol. The molecule has 3 nitrogen and oxygen atoms in total. The lowest BCUT2D eigenvalue weighted by atomic mass is 9.68. The van der Waals surface area contributed by atoms with Crippen molar-refractivity contribution in [1.29, 1.82) is 0 Å². The Morgan fingerprint density at radius 3 is 2.00 bits per heavy atom. The Morgan fingerprint density at radius 1 is 0.612 bits per heavy atom. The number of aryl methyl sites for hydroxylation is 2. The molecular formula is C46H49N3. The number of fused-ring (bicyclic) bond motifs is 9. The molecule has 0 spiro atoms. The van der Waals surface area contributed by atoms with Crippen LogP contribution in [0.5, 0.6) is 0 Å². The summed E-state index contributed by atoms with van der Waals surface area (Å²) in [5, 5.41) is 12.1. The maximum absolute atomic E-state index is 4.04. The van der Waals surface area contributed by atoms with Gasteiger partial charge in [0.05, 0.1) is 18.5 Å². The van der Waals surface area contributed by atoms with Gasteiger partial charge in [-0.15, -0.1) is 0 Å². The zero-order chi connectivity index (χ0) is 32.7. The van der Waals surface area contributed by atoms with Crippen molar-refractivity contribution in [3.05, 3.63) is 140 Å². The summed E-state index contributed by atoms with van der Waals surface area (Å²) < 4.78 is 0. The number of hydrogen-bond donors (Lipinski definition) is 3. The fourth-order valence-electron chi connectivity index (χ4n) is 10.9. The Labute approximate surface area is 292 Å². The van der Waals surface area contributed by atoms with E-state index in [1.165, 1.54) is 62.9 Å². The van der Waals surface area contributed by atoms with Gasteiger partial charge in [-0.1, -0.05) is 105 Å². The van der Waals surface area contributed by atoms with Gasteiger partial charge in [0.15, 0.2) is 0 Å². The summed E-state index contributed by atoms with van der Waals surface area (Å²) in [7, 11) is 0. The van der Waals surface area contributed by atoms with Gasteiger partial charge in [0, 0.05) is 0 Å². The third-order valence-corrected chi connectivity index (χ3v) is 13.5. The summed E-state index contributed by atoms with van der Waals surface area (Å²) in [5.41, 5.74) is 16.2. The Morgan fingerprint density at radius 2 is 1.29 bits per heavy atom. The van der Waals surface area contributed by atoms with Crippen molar-refractivity contribution in [2.75, 3.05) is 0 Å². The van der Waals surface area contributed by atoms with Crippen molar-refractivity contribution in [3.8, 4) is 0 Å². The van der Waals surface area contributed by atoms with Crippen LogP contribution in [0.1, 0.15) is 120 Å². The summed E-state index contributed by atoms with van der Waals surface area (Å²) in [6, 6.07) is 19.0. The molecule has 3 aromatic carbocycles. The fraction of sp³-hybridized carbons (Fsp3) is 0.391. The first-order chi connectivity index (χ1) is 24.0. The van der Waals surface area contributed by atoms with Gasteiger partial charge in [-0.25, -0.2) is 0 Å². The largest absolute Gasteiger partial charge is 0.279 e. The predicted molar refractivity (Wildman–Crippen MR) is 203 cm³/mol. The lowest BCUT2D eigenvalue weighted by molar-refractivity contribution is 0.187. The first kappa shape index (κ1) is 30.1. The van der Waals surface area contributed by atoms with E-state index in [1.807, 2.05) is 0 Å². The molecule has 6 aliphatic carbocycles. The SMILES string of the molecule is CC1(C)C2C=Cc3ccc4c(c3C2C2C=CCCC21)CCC(C1NC(c2ccc3c(c2)C=CCC3)NC(c2ccc3c(c2)C=CCC3)N1)=C4. The van der Waals surface area contributed by atoms with Crippen LogP contribution in [0.25, 0.3) is 24.3 Å². The summed E-state index contributed by atoms with van der Waals surface area (Å²) in [6.07, 6.45) is 31.4. The van der Waals surface area contributed by atoms with E-state index < -0.39 is 0 Å². The van der Waals surface area contributed by atoms with Crippen LogP contribution in [-0.4, -0.2) is 6.17 Å². The zero-order valence-electron chi connectivity index (χ0n) is 29.0. The minimum atomic E-state index is 0.0379. The van der Waals surface area contributed by atoms with Crippen LogP contribution in [-0.2, 0) is 19.3 Å². The highest BCUT2D eigenvalue weighted by Crippen LogP contribution is 2.64. The lowest BCUT2D eigenvalue weighted by Gasteiger charge is -2.42. The average molecular weight is 644 g/mol. The van der Waals surface area contributed by atoms with Crippen LogP contribution in [0.2, 0.25) is 0 Å². The maximum atomic E-state index is 4.04. The molecule has 248 valence electrons. The van der Waals surface area contributed by atoms with E-state index in [0.717, 1.165) is 44.4 Å². The van der Waals surface area contributed by atoms with Crippen LogP contribution < -0.4 is 16.0 Å². The van der Waals surface area contributed by atoms with Gasteiger partial charge in [-0.2, -0.15) is 0 Å². The van der Waals surface area contributed by atoms with Crippen molar-refractivity contribution in [2.45, 2.75) is 89.6 Å². The smallest absolute Gasteiger partial charge is 0.0864 e. The Balaban J connectivity index is 1.02. The molecule has 10 rings (SSSR count). The maximum Gasteiger partial charge on any atom is 0.0864 e. The van der Waals surface area contributed by atoms with E-state index in [1.54, 1.807) is 11.1 Å². The van der Waals surface area contributed by atoms with Crippen molar-refractivity contribution in [3.63, 3.8) is 0 Å². The van der Waals surface area contributed by atoms with E-state index in [4.69, 9.17) is 0 Å². The first-order valence-corrected chi connectivity index (χ1v) is 19.1. The summed E-state index contributed by atoms with van der Waals surface area (Å²) in [4.78, 5) is 0.